The fourth-order valence-corrected chi connectivity index (χ4v) is 3.58. The summed E-state index contributed by atoms with van der Waals surface area (Å²) in [4.78, 5) is 10.1. The van der Waals surface area contributed by atoms with Crippen LogP contribution >= 0.6 is 11.6 Å². The van der Waals surface area contributed by atoms with E-state index in [0.717, 1.165) is 23.9 Å². The lowest BCUT2D eigenvalue weighted by atomic mass is 10.0. The molecule has 0 atom stereocenters. The van der Waals surface area contributed by atoms with Gasteiger partial charge in [-0.2, -0.15) is 13.9 Å². The van der Waals surface area contributed by atoms with Crippen LogP contribution in [0.2, 0.25) is 5.02 Å². The van der Waals surface area contributed by atoms with Gasteiger partial charge in [0.2, 0.25) is 0 Å². The van der Waals surface area contributed by atoms with Crippen LogP contribution in [-0.2, 0) is 5.92 Å². The highest BCUT2D eigenvalue weighted by Gasteiger charge is 2.35. The Morgan fingerprint density at radius 1 is 1.12 bits per heavy atom. The molecular weight excluding hydrogens is 360 g/mol. The Morgan fingerprint density at radius 2 is 1.85 bits per heavy atom. The third kappa shape index (κ3) is 3.41. The molecule has 0 bridgehead atoms. The van der Waals surface area contributed by atoms with E-state index < -0.39 is 5.92 Å². The van der Waals surface area contributed by atoms with Gasteiger partial charge in [0.25, 0.3) is 5.92 Å². The lowest BCUT2D eigenvalue weighted by Gasteiger charge is -2.34. The zero-order valence-electron chi connectivity index (χ0n) is 14.0. The molecule has 8 heteroatoms. The van der Waals surface area contributed by atoms with Crippen molar-refractivity contribution in [3.8, 4) is 0 Å². The molecule has 1 aromatic carbocycles. The second-order valence-corrected chi connectivity index (χ2v) is 7.05. The molecule has 3 heterocycles. The number of benzene rings is 1. The average molecular weight is 378 g/mol. The maximum absolute atomic E-state index is 14.5. The van der Waals surface area contributed by atoms with Gasteiger partial charge in [-0.1, -0.05) is 23.7 Å². The van der Waals surface area contributed by atoms with Gasteiger partial charge in [0.15, 0.2) is 5.65 Å². The van der Waals surface area contributed by atoms with Gasteiger partial charge < -0.3 is 0 Å². The summed E-state index contributed by atoms with van der Waals surface area (Å²) in [7, 11) is 0. The molecule has 5 nitrogen and oxygen atoms in total. The molecule has 0 N–H and O–H groups in total. The molecule has 0 aliphatic carbocycles. The Morgan fingerprint density at radius 3 is 2.58 bits per heavy atom. The van der Waals surface area contributed by atoms with Gasteiger partial charge in [-0.25, -0.2) is 14.6 Å². The smallest absolute Gasteiger partial charge is 0.285 e. The Kier molecular flexibility index (Phi) is 4.58. The van der Waals surface area contributed by atoms with Crippen molar-refractivity contribution in [3.63, 3.8) is 0 Å². The normalized spacial score (nSPS) is 17.0. The van der Waals surface area contributed by atoms with Crippen molar-refractivity contribution in [2.75, 3.05) is 19.6 Å². The predicted molar refractivity (Wildman–Crippen MR) is 95.4 cm³/mol. The lowest BCUT2D eigenvalue weighted by Crippen LogP contribution is -2.41. The maximum atomic E-state index is 14.5. The van der Waals surface area contributed by atoms with E-state index >= 15 is 0 Å². The third-order valence-electron chi connectivity index (χ3n) is 4.85. The first-order valence-electron chi connectivity index (χ1n) is 8.52. The minimum Gasteiger partial charge on any atom is -0.297 e. The minimum absolute atomic E-state index is 0.00112. The van der Waals surface area contributed by atoms with Gasteiger partial charge >= 0.3 is 0 Å². The predicted octanol–water partition coefficient (Wildman–Crippen LogP) is 3.91. The van der Waals surface area contributed by atoms with Crippen molar-refractivity contribution in [2.24, 2.45) is 0 Å². The van der Waals surface area contributed by atoms with E-state index in [9.17, 15) is 8.78 Å². The zero-order valence-corrected chi connectivity index (χ0v) is 14.8. The van der Waals surface area contributed by atoms with Crippen LogP contribution in [0.4, 0.5) is 8.78 Å². The van der Waals surface area contributed by atoms with Gasteiger partial charge in [-0.05, 0) is 25.0 Å². The summed E-state index contributed by atoms with van der Waals surface area (Å²) in [6.07, 6.45) is 6.50. The number of halogens is 3. The van der Waals surface area contributed by atoms with Crippen molar-refractivity contribution in [1.82, 2.24) is 24.6 Å². The fraction of sp³-hybridized carbons (Fsp3) is 0.389. The maximum Gasteiger partial charge on any atom is 0.285 e. The topological polar surface area (TPSA) is 46.8 Å². The van der Waals surface area contributed by atoms with Gasteiger partial charge in [-0.3, -0.25) is 4.90 Å². The van der Waals surface area contributed by atoms with E-state index in [1.165, 1.54) is 30.6 Å². The summed E-state index contributed by atoms with van der Waals surface area (Å²) in [5.74, 6) is -2.90. The van der Waals surface area contributed by atoms with Crippen LogP contribution in [0.3, 0.4) is 0 Å². The molecule has 0 unspecified atom stereocenters. The van der Waals surface area contributed by atoms with Gasteiger partial charge in [0.1, 0.15) is 6.33 Å². The molecule has 26 heavy (non-hydrogen) atoms. The van der Waals surface area contributed by atoms with Crippen molar-refractivity contribution < 1.29 is 8.78 Å². The summed E-state index contributed by atoms with van der Waals surface area (Å²) in [5.41, 5.74) is 0.795. The van der Waals surface area contributed by atoms with E-state index in [0.29, 0.717) is 18.1 Å². The van der Waals surface area contributed by atoms with Crippen LogP contribution in [-0.4, -0.2) is 44.3 Å². The molecule has 0 saturated carbocycles. The van der Waals surface area contributed by atoms with E-state index in [1.54, 1.807) is 12.4 Å². The number of fused-ring (bicyclic) bond motifs is 1. The lowest BCUT2D eigenvalue weighted by molar-refractivity contribution is -0.0442. The highest BCUT2D eigenvalue weighted by molar-refractivity contribution is 6.30. The number of hydrogen-bond donors (Lipinski definition) is 0. The monoisotopic (exact) mass is 377 g/mol. The molecule has 2 aromatic heterocycles. The number of nitrogens with zero attached hydrogens (tertiary/aromatic N) is 5. The molecule has 0 radical (unpaired) electrons. The van der Waals surface area contributed by atoms with Gasteiger partial charge in [0.05, 0.1) is 24.2 Å². The molecule has 0 spiro atoms. The summed E-state index contributed by atoms with van der Waals surface area (Å²) in [6.45, 7) is 0.907. The fourth-order valence-electron chi connectivity index (χ4n) is 3.45. The Bertz CT molecular complexity index is 888. The van der Waals surface area contributed by atoms with Crippen molar-refractivity contribution in [2.45, 2.75) is 24.8 Å². The zero-order chi connectivity index (χ0) is 18.1. The molecule has 0 amide bonds. The van der Waals surface area contributed by atoms with Crippen LogP contribution in [0, 0.1) is 0 Å². The first-order valence-corrected chi connectivity index (χ1v) is 8.90. The van der Waals surface area contributed by atoms with Crippen LogP contribution in [0.5, 0.6) is 0 Å². The first-order chi connectivity index (χ1) is 12.5. The first kappa shape index (κ1) is 17.3. The molecule has 4 rings (SSSR count). The molecule has 136 valence electrons. The number of aromatic nitrogens is 4. The van der Waals surface area contributed by atoms with Crippen LogP contribution < -0.4 is 0 Å². The molecule has 1 fully saturated rings. The molecular formula is C18H18ClF2N5. The van der Waals surface area contributed by atoms with E-state index in [2.05, 4.69) is 15.1 Å². The highest BCUT2D eigenvalue weighted by Crippen LogP contribution is 2.32. The van der Waals surface area contributed by atoms with Crippen molar-refractivity contribution >= 4 is 22.6 Å². The quantitative estimate of drug-likeness (QED) is 0.691. The Hall–Kier alpha value is -2.12. The third-order valence-corrected chi connectivity index (χ3v) is 5.10. The van der Waals surface area contributed by atoms with Crippen LogP contribution in [0.15, 0.2) is 43.0 Å². The number of alkyl halides is 2. The number of piperidine rings is 1. The minimum atomic E-state index is -2.90. The van der Waals surface area contributed by atoms with Crippen molar-refractivity contribution in [3.05, 3.63) is 53.6 Å². The Balaban J connectivity index is 1.41. The molecule has 1 aliphatic heterocycles. The highest BCUT2D eigenvalue weighted by atomic mass is 35.5. The summed E-state index contributed by atoms with van der Waals surface area (Å²) >= 11 is 5.79. The van der Waals surface area contributed by atoms with Gasteiger partial charge in [0, 0.05) is 29.9 Å². The molecule has 3 aromatic rings. The molecule has 1 saturated heterocycles. The second-order valence-electron chi connectivity index (χ2n) is 6.61. The number of hydrogen-bond acceptors (Lipinski definition) is 4. The van der Waals surface area contributed by atoms with Crippen LogP contribution in [0.25, 0.3) is 11.0 Å². The standard InChI is InChI=1S/C18H18ClF2N5/c19-15-3-1-14(2-4-15)18(20,21)11-25-7-5-16(6-8-25)26-17-13(10-24-26)9-22-12-23-17/h1-4,9-10,12,16H,5-8,11H2. The number of likely N-dealkylation sites (tertiary alicyclic amines) is 1. The number of rotatable bonds is 4. The SMILES string of the molecule is FC(F)(CN1CCC(n2ncc3cncnc32)CC1)c1ccc(Cl)cc1. The largest absolute Gasteiger partial charge is 0.297 e. The summed E-state index contributed by atoms with van der Waals surface area (Å²) < 4.78 is 31.0. The van der Waals surface area contributed by atoms with Crippen molar-refractivity contribution in [1.29, 1.82) is 0 Å². The average Bonchev–Trinajstić information content (AvgIpc) is 3.07. The second kappa shape index (κ2) is 6.89. The summed E-state index contributed by atoms with van der Waals surface area (Å²) in [5, 5.41) is 5.76. The van der Waals surface area contributed by atoms with E-state index in [4.69, 9.17) is 11.6 Å². The van der Waals surface area contributed by atoms with Gasteiger partial charge in [-0.15, -0.1) is 0 Å². The van der Waals surface area contributed by atoms with E-state index in [1.807, 2.05) is 9.58 Å². The van der Waals surface area contributed by atoms with Crippen LogP contribution in [0.1, 0.15) is 24.4 Å². The summed E-state index contributed by atoms with van der Waals surface area (Å²) in [6, 6.07) is 5.96. The van der Waals surface area contributed by atoms with E-state index in [-0.39, 0.29) is 18.2 Å². The Labute approximate surface area is 154 Å². The molecule has 1 aliphatic rings.